The zero-order chi connectivity index (χ0) is 25.3. The maximum absolute atomic E-state index is 12.9. The lowest BCUT2D eigenvalue weighted by atomic mass is 9.79. The Labute approximate surface area is 208 Å². The summed E-state index contributed by atoms with van der Waals surface area (Å²) in [6, 6.07) is 7.19. The summed E-state index contributed by atoms with van der Waals surface area (Å²) >= 11 is 0. The Bertz CT molecular complexity index is 1100. The van der Waals surface area contributed by atoms with E-state index in [1.807, 2.05) is 43.3 Å². The number of carbonyl (C=O) groups excluding carboxylic acids is 1. The number of rotatable bonds is 9. The summed E-state index contributed by atoms with van der Waals surface area (Å²) in [6.45, 7) is 0.608. The van der Waals surface area contributed by atoms with Gasteiger partial charge >= 0.3 is 12.0 Å². The highest BCUT2D eigenvalue weighted by Crippen LogP contribution is 2.44. The number of carboxylic acids is 1. The Morgan fingerprint density at radius 1 is 1.19 bits per heavy atom. The van der Waals surface area contributed by atoms with Crippen molar-refractivity contribution in [2.75, 3.05) is 32.2 Å². The number of amides is 1. The average molecular weight is 501 g/mol. The molecule has 1 aromatic heterocycles. The quantitative estimate of drug-likeness (QED) is 0.523. The number of aliphatic carboxylic acids is 1. The number of tetrazole rings is 1. The molecule has 2 aromatic rings. The van der Waals surface area contributed by atoms with E-state index < -0.39 is 11.4 Å². The van der Waals surface area contributed by atoms with Crippen molar-refractivity contribution in [2.24, 2.45) is 5.41 Å². The third kappa shape index (κ3) is 5.00. The van der Waals surface area contributed by atoms with Crippen LogP contribution in [0.1, 0.15) is 44.6 Å². The highest BCUT2D eigenvalue weighted by Gasteiger charge is 2.50. The van der Waals surface area contributed by atoms with Crippen molar-refractivity contribution < 1.29 is 28.9 Å². The number of carboxylic acid groups (broad SMARTS) is 1. The molecule has 1 aliphatic carbocycles. The van der Waals surface area contributed by atoms with Crippen LogP contribution < -0.4 is 15.0 Å². The smallest absolute Gasteiger partial charge is 0.341 e. The first kappa shape index (κ1) is 24.4. The molecule has 5 rings (SSSR count). The standard InChI is InChI=1S/C24H32N6O6/c1-29(2)15-6-5-7-16(10-15)36-23-26-27-28-30(23)18-14-35-21-17(13-34-22(18)21)25-19(31)11-24(12-20(32)33)8-3-4-9-24/h5-7,10,17-18,21-22H,3-4,8-9,11-14H2,1-2H3,(H,25,31)(H,32,33)/t17-,18-,21+,22+/m0/s1. The van der Waals surface area contributed by atoms with E-state index in [4.69, 9.17) is 14.2 Å². The number of aromatic nitrogens is 4. The molecule has 3 heterocycles. The second kappa shape index (κ2) is 10.0. The molecule has 3 fully saturated rings. The summed E-state index contributed by atoms with van der Waals surface area (Å²) in [7, 11) is 3.90. The Balaban J connectivity index is 1.23. The van der Waals surface area contributed by atoms with Gasteiger partial charge in [0.25, 0.3) is 0 Å². The minimum Gasteiger partial charge on any atom is -0.481 e. The summed E-state index contributed by atoms with van der Waals surface area (Å²) < 4.78 is 19.6. The number of hydrogen-bond acceptors (Lipinski definition) is 9. The predicted molar refractivity (Wildman–Crippen MR) is 127 cm³/mol. The highest BCUT2D eigenvalue weighted by atomic mass is 16.6. The lowest BCUT2D eigenvalue weighted by Gasteiger charge is -2.27. The van der Waals surface area contributed by atoms with Crippen molar-refractivity contribution in [1.82, 2.24) is 25.5 Å². The summed E-state index contributed by atoms with van der Waals surface area (Å²) in [5.41, 5.74) is 0.521. The molecule has 1 saturated carbocycles. The monoisotopic (exact) mass is 500 g/mol. The topological polar surface area (TPSA) is 141 Å². The van der Waals surface area contributed by atoms with Gasteiger partial charge in [-0.1, -0.05) is 24.0 Å². The second-order valence-corrected chi connectivity index (χ2v) is 10.2. The molecule has 194 valence electrons. The van der Waals surface area contributed by atoms with Gasteiger partial charge in [0.15, 0.2) is 0 Å². The lowest BCUT2D eigenvalue weighted by molar-refractivity contribution is -0.140. The Morgan fingerprint density at radius 2 is 1.97 bits per heavy atom. The molecule has 0 bridgehead atoms. The van der Waals surface area contributed by atoms with E-state index in [1.165, 1.54) is 0 Å². The molecule has 0 spiro atoms. The minimum atomic E-state index is -0.858. The van der Waals surface area contributed by atoms with Crippen LogP contribution in [0.15, 0.2) is 24.3 Å². The summed E-state index contributed by atoms with van der Waals surface area (Å²) in [4.78, 5) is 26.2. The van der Waals surface area contributed by atoms with Gasteiger partial charge in [0.2, 0.25) is 5.91 Å². The zero-order valence-corrected chi connectivity index (χ0v) is 20.5. The van der Waals surface area contributed by atoms with Gasteiger partial charge in [0.1, 0.15) is 24.0 Å². The molecule has 2 saturated heterocycles. The first-order valence-corrected chi connectivity index (χ1v) is 12.3. The molecular formula is C24H32N6O6. The molecule has 12 nitrogen and oxygen atoms in total. The third-order valence-electron chi connectivity index (χ3n) is 7.42. The second-order valence-electron chi connectivity index (χ2n) is 10.2. The van der Waals surface area contributed by atoms with Crippen LogP contribution in [0.25, 0.3) is 0 Å². The minimum absolute atomic E-state index is 0.0196. The fraction of sp³-hybridized carbons (Fsp3) is 0.625. The molecule has 4 atom stereocenters. The lowest BCUT2D eigenvalue weighted by Crippen LogP contribution is -2.45. The molecule has 0 unspecified atom stereocenters. The normalized spacial score (nSPS) is 26.5. The van der Waals surface area contributed by atoms with Crippen LogP contribution in [0.3, 0.4) is 0 Å². The maximum Gasteiger partial charge on any atom is 0.341 e. The Hall–Kier alpha value is -3.25. The van der Waals surface area contributed by atoms with Gasteiger partial charge in [-0.25, -0.2) is 0 Å². The Kier molecular flexibility index (Phi) is 6.80. The van der Waals surface area contributed by atoms with Crippen LogP contribution in [0.5, 0.6) is 11.8 Å². The molecule has 1 amide bonds. The van der Waals surface area contributed by atoms with Gasteiger partial charge in [-0.2, -0.15) is 4.68 Å². The van der Waals surface area contributed by atoms with Crippen LogP contribution in [0.4, 0.5) is 5.69 Å². The molecule has 12 heteroatoms. The number of nitrogens with one attached hydrogen (secondary N) is 1. The van der Waals surface area contributed by atoms with E-state index in [9.17, 15) is 14.7 Å². The number of nitrogens with zero attached hydrogens (tertiary/aromatic N) is 5. The Morgan fingerprint density at radius 3 is 2.72 bits per heavy atom. The fourth-order valence-corrected chi connectivity index (χ4v) is 5.66. The summed E-state index contributed by atoms with van der Waals surface area (Å²) in [5, 5.41) is 24.3. The van der Waals surface area contributed by atoms with E-state index >= 15 is 0 Å². The molecule has 36 heavy (non-hydrogen) atoms. The van der Waals surface area contributed by atoms with Crippen molar-refractivity contribution in [3.8, 4) is 11.8 Å². The summed E-state index contributed by atoms with van der Waals surface area (Å²) in [6.07, 6.45) is 2.95. The van der Waals surface area contributed by atoms with Crippen LogP contribution in [0.2, 0.25) is 0 Å². The van der Waals surface area contributed by atoms with Crippen LogP contribution in [-0.2, 0) is 19.1 Å². The SMILES string of the molecule is CN(C)c1cccc(Oc2nnnn2[C@H]2CO[C@H]3[C@@H]2OC[C@@H]3NC(=O)CC2(CC(=O)O)CCCC2)c1. The molecular weight excluding hydrogens is 468 g/mol. The number of ether oxygens (including phenoxy) is 3. The van der Waals surface area contributed by atoms with Crippen molar-refractivity contribution in [3.05, 3.63) is 24.3 Å². The van der Waals surface area contributed by atoms with Crippen LogP contribution >= 0.6 is 0 Å². The average Bonchev–Trinajstić information content (AvgIpc) is 3.60. The van der Waals surface area contributed by atoms with E-state index in [0.29, 0.717) is 19.0 Å². The number of carbonyl (C=O) groups is 2. The first-order valence-electron chi connectivity index (χ1n) is 12.3. The number of benzene rings is 1. The van der Waals surface area contributed by atoms with Gasteiger partial charge in [0, 0.05) is 32.3 Å². The van der Waals surface area contributed by atoms with E-state index in [2.05, 4.69) is 20.8 Å². The van der Waals surface area contributed by atoms with Gasteiger partial charge < -0.3 is 29.5 Å². The van der Waals surface area contributed by atoms with Crippen molar-refractivity contribution >= 4 is 17.6 Å². The maximum atomic E-state index is 12.9. The zero-order valence-electron chi connectivity index (χ0n) is 20.5. The number of anilines is 1. The first-order chi connectivity index (χ1) is 17.3. The van der Waals surface area contributed by atoms with Gasteiger partial charge in [0.05, 0.1) is 25.7 Å². The predicted octanol–water partition coefficient (Wildman–Crippen LogP) is 1.78. The van der Waals surface area contributed by atoms with Crippen LogP contribution in [0, 0.1) is 5.41 Å². The number of hydrogen-bond donors (Lipinski definition) is 2. The number of fused-ring (bicyclic) bond motifs is 1. The van der Waals surface area contributed by atoms with Crippen molar-refractivity contribution in [3.63, 3.8) is 0 Å². The fourth-order valence-electron chi connectivity index (χ4n) is 5.66. The van der Waals surface area contributed by atoms with E-state index in [-0.39, 0.29) is 49.1 Å². The molecule has 2 aliphatic heterocycles. The van der Waals surface area contributed by atoms with E-state index in [1.54, 1.807) is 4.68 Å². The molecule has 2 N–H and O–H groups in total. The van der Waals surface area contributed by atoms with E-state index in [0.717, 1.165) is 31.4 Å². The van der Waals surface area contributed by atoms with Crippen molar-refractivity contribution in [1.29, 1.82) is 0 Å². The molecule has 3 aliphatic rings. The molecule has 1 aromatic carbocycles. The van der Waals surface area contributed by atoms with Gasteiger partial charge in [-0.15, -0.1) is 0 Å². The highest BCUT2D eigenvalue weighted by molar-refractivity contribution is 5.78. The van der Waals surface area contributed by atoms with Gasteiger partial charge in [-0.3, -0.25) is 9.59 Å². The van der Waals surface area contributed by atoms with Gasteiger partial charge in [-0.05, 0) is 40.8 Å². The largest absolute Gasteiger partial charge is 0.481 e. The molecule has 0 radical (unpaired) electrons. The summed E-state index contributed by atoms with van der Waals surface area (Å²) in [5.74, 6) is -0.414. The van der Waals surface area contributed by atoms with Crippen molar-refractivity contribution in [2.45, 2.75) is 62.8 Å². The third-order valence-corrected chi connectivity index (χ3v) is 7.42. The van der Waals surface area contributed by atoms with Crippen LogP contribution in [-0.4, -0.2) is 82.7 Å².